The van der Waals surface area contributed by atoms with Crippen molar-refractivity contribution in [1.82, 2.24) is 14.9 Å². The van der Waals surface area contributed by atoms with Gasteiger partial charge >= 0.3 is 5.97 Å². The third-order valence-corrected chi connectivity index (χ3v) is 4.86. The van der Waals surface area contributed by atoms with Gasteiger partial charge in [0.1, 0.15) is 12.1 Å². The van der Waals surface area contributed by atoms with Crippen LogP contribution in [-0.4, -0.2) is 44.0 Å². The molecule has 35 heavy (non-hydrogen) atoms. The summed E-state index contributed by atoms with van der Waals surface area (Å²) >= 11 is 0. The maximum atomic E-state index is 13.2. The fourth-order valence-corrected chi connectivity index (χ4v) is 3.16. The molecule has 1 amide bonds. The number of anilines is 1. The van der Waals surface area contributed by atoms with Crippen LogP contribution >= 0.6 is 0 Å². The molecule has 190 valence electrons. The Hall–Kier alpha value is -3.76. The average molecular weight is 488 g/mol. The summed E-state index contributed by atoms with van der Waals surface area (Å²) in [6.07, 6.45) is 2.02. The Kier molecular flexibility index (Phi) is 8.72. The minimum absolute atomic E-state index is 0.0208. The molecule has 2 N–H and O–H groups in total. The van der Waals surface area contributed by atoms with Crippen molar-refractivity contribution in [3.05, 3.63) is 50.4 Å². The van der Waals surface area contributed by atoms with Crippen molar-refractivity contribution in [2.45, 2.75) is 79.1 Å². The predicted molar refractivity (Wildman–Crippen MR) is 132 cm³/mol. The molecular formula is C24H33N5O6. The lowest BCUT2D eigenvalue weighted by molar-refractivity contribution is -0.384. The summed E-state index contributed by atoms with van der Waals surface area (Å²) in [7, 11) is 0. The van der Waals surface area contributed by atoms with Gasteiger partial charge in [0.05, 0.1) is 16.8 Å². The molecule has 0 aliphatic heterocycles. The van der Waals surface area contributed by atoms with Crippen molar-refractivity contribution in [2.24, 2.45) is 0 Å². The number of nitrogens with zero attached hydrogens (tertiary/aromatic N) is 3. The molecule has 2 aromatic rings. The molecule has 0 radical (unpaired) electrons. The molecule has 2 rings (SSSR count). The molecule has 0 bridgehead atoms. The molecule has 0 aliphatic rings. The summed E-state index contributed by atoms with van der Waals surface area (Å²) in [4.78, 5) is 53.7. The minimum Gasteiger partial charge on any atom is -0.459 e. The van der Waals surface area contributed by atoms with Gasteiger partial charge in [-0.15, -0.1) is 0 Å². The van der Waals surface area contributed by atoms with Crippen LogP contribution in [0, 0.1) is 10.1 Å². The van der Waals surface area contributed by atoms with Gasteiger partial charge in [0.2, 0.25) is 0 Å². The van der Waals surface area contributed by atoms with E-state index in [0.29, 0.717) is 6.42 Å². The highest BCUT2D eigenvalue weighted by Gasteiger charge is 2.23. The van der Waals surface area contributed by atoms with Gasteiger partial charge in [-0.1, -0.05) is 6.92 Å². The van der Waals surface area contributed by atoms with Gasteiger partial charge in [-0.25, -0.2) is 4.98 Å². The fraction of sp³-hybridized carbons (Fsp3) is 0.500. The Balaban J connectivity index is 2.69. The van der Waals surface area contributed by atoms with Crippen LogP contribution < -0.4 is 16.2 Å². The summed E-state index contributed by atoms with van der Waals surface area (Å²) in [5.41, 5.74) is -1.33. The molecule has 0 aliphatic carbocycles. The predicted octanol–water partition coefficient (Wildman–Crippen LogP) is 3.51. The number of carbonyl (C=O) groups is 2. The van der Waals surface area contributed by atoms with E-state index < -0.39 is 34.5 Å². The number of nitrogens with one attached hydrogen (secondary N) is 2. The van der Waals surface area contributed by atoms with Crippen molar-refractivity contribution in [1.29, 1.82) is 0 Å². The van der Waals surface area contributed by atoms with Crippen LogP contribution in [0.4, 0.5) is 11.5 Å². The second-order valence-corrected chi connectivity index (χ2v) is 9.58. The third kappa shape index (κ3) is 7.62. The zero-order valence-electron chi connectivity index (χ0n) is 21.2. The van der Waals surface area contributed by atoms with Crippen molar-refractivity contribution < 1.29 is 19.2 Å². The summed E-state index contributed by atoms with van der Waals surface area (Å²) in [5.74, 6) is -1.13. The van der Waals surface area contributed by atoms with Crippen molar-refractivity contribution >= 4 is 23.4 Å². The van der Waals surface area contributed by atoms with Crippen LogP contribution in [0.5, 0.6) is 0 Å². The molecule has 0 saturated heterocycles. The largest absolute Gasteiger partial charge is 0.459 e. The van der Waals surface area contributed by atoms with Crippen LogP contribution in [0.2, 0.25) is 0 Å². The molecule has 0 fully saturated rings. The molecular weight excluding hydrogens is 454 g/mol. The topological polar surface area (TPSA) is 145 Å². The van der Waals surface area contributed by atoms with Crippen LogP contribution in [0.15, 0.2) is 29.2 Å². The minimum atomic E-state index is -0.778. The number of ether oxygens (including phenoxy) is 1. The highest BCUT2D eigenvalue weighted by Crippen LogP contribution is 2.26. The highest BCUT2D eigenvalue weighted by molar-refractivity contribution is 5.96. The number of hydrogen-bond donors (Lipinski definition) is 2. The number of carbonyl (C=O) groups excluding carboxylic acids is 2. The van der Waals surface area contributed by atoms with Crippen molar-refractivity contribution in [2.75, 3.05) is 5.32 Å². The maximum absolute atomic E-state index is 13.2. The molecule has 1 aromatic heterocycles. The van der Waals surface area contributed by atoms with Gasteiger partial charge in [0, 0.05) is 35.3 Å². The second kappa shape index (κ2) is 11.1. The third-order valence-electron chi connectivity index (χ3n) is 4.86. The molecule has 0 unspecified atom stereocenters. The Labute approximate surface area is 204 Å². The smallest absolute Gasteiger partial charge is 0.326 e. The van der Waals surface area contributed by atoms with E-state index in [1.54, 1.807) is 20.8 Å². The Bertz CT molecular complexity index is 1170. The first-order chi connectivity index (χ1) is 16.2. The second-order valence-electron chi connectivity index (χ2n) is 9.58. The first-order valence-corrected chi connectivity index (χ1v) is 11.4. The number of hydrogen-bond acceptors (Lipinski definition) is 8. The average Bonchev–Trinajstić information content (AvgIpc) is 2.74. The molecule has 0 saturated carbocycles. The van der Waals surface area contributed by atoms with E-state index in [4.69, 9.17) is 4.74 Å². The zero-order valence-corrected chi connectivity index (χ0v) is 21.2. The quantitative estimate of drug-likeness (QED) is 0.310. The van der Waals surface area contributed by atoms with Crippen LogP contribution in [0.1, 0.15) is 65.2 Å². The molecule has 1 heterocycles. The zero-order chi connectivity index (χ0) is 26.5. The number of benzene rings is 1. The Morgan fingerprint density at radius 3 is 2.40 bits per heavy atom. The van der Waals surface area contributed by atoms with Gasteiger partial charge in [-0.3, -0.25) is 29.1 Å². The van der Waals surface area contributed by atoms with Crippen LogP contribution in [-0.2, 0) is 16.1 Å². The van der Waals surface area contributed by atoms with E-state index in [0.717, 1.165) is 4.57 Å². The highest BCUT2D eigenvalue weighted by atomic mass is 16.6. The summed E-state index contributed by atoms with van der Waals surface area (Å²) in [5, 5.41) is 17.3. The van der Waals surface area contributed by atoms with E-state index in [1.807, 2.05) is 27.7 Å². The first-order valence-electron chi connectivity index (χ1n) is 11.4. The Morgan fingerprint density at radius 1 is 1.20 bits per heavy atom. The molecule has 0 spiro atoms. The number of nitro groups is 1. The normalized spacial score (nSPS) is 12.2. The number of esters is 1. The monoisotopic (exact) mass is 487 g/mol. The van der Waals surface area contributed by atoms with Crippen LogP contribution in [0.3, 0.4) is 0 Å². The number of non-ortho nitro benzene ring substituents is 1. The number of nitro benzene ring substituents is 1. The SMILES string of the molecule is CC[C@@H](C)NC(=O)c1cc(-c2cnc(NC(C)C)c(=O)n2CC(=O)OC(C)(C)C)cc([N+](=O)[O-])c1. The van der Waals surface area contributed by atoms with Crippen molar-refractivity contribution in [3.8, 4) is 11.3 Å². The van der Waals surface area contributed by atoms with E-state index in [9.17, 15) is 24.5 Å². The lowest BCUT2D eigenvalue weighted by atomic mass is 10.1. The molecule has 1 atom stereocenters. The first kappa shape index (κ1) is 27.5. The number of rotatable bonds is 9. The van der Waals surface area contributed by atoms with Crippen molar-refractivity contribution in [3.63, 3.8) is 0 Å². The van der Waals surface area contributed by atoms with E-state index >= 15 is 0 Å². The van der Waals surface area contributed by atoms with Gasteiger partial charge in [-0.2, -0.15) is 0 Å². The fourth-order valence-electron chi connectivity index (χ4n) is 3.16. The van der Waals surface area contributed by atoms with Gasteiger partial charge < -0.3 is 15.4 Å². The van der Waals surface area contributed by atoms with E-state index in [2.05, 4.69) is 15.6 Å². The number of aromatic nitrogens is 2. The summed E-state index contributed by atoms with van der Waals surface area (Å²) in [6, 6.07) is 3.59. The lowest BCUT2D eigenvalue weighted by Crippen LogP contribution is -2.34. The van der Waals surface area contributed by atoms with Gasteiger partial charge in [0.25, 0.3) is 17.2 Å². The van der Waals surface area contributed by atoms with Gasteiger partial charge in [-0.05, 0) is 54.0 Å². The van der Waals surface area contributed by atoms with E-state index in [-0.39, 0.29) is 40.4 Å². The molecule has 1 aromatic carbocycles. The summed E-state index contributed by atoms with van der Waals surface area (Å²) < 4.78 is 6.52. The Morgan fingerprint density at radius 2 is 1.86 bits per heavy atom. The number of amides is 1. The molecule has 11 nitrogen and oxygen atoms in total. The van der Waals surface area contributed by atoms with Crippen LogP contribution in [0.25, 0.3) is 11.3 Å². The van der Waals surface area contributed by atoms with Gasteiger partial charge in [0.15, 0.2) is 5.82 Å². The van der Waals surface area contributed by atoms with E-state index in [1.165, 1.54) is 24.4 Å². The maximum Gasteiger partial charge on any atom is 0.326 e. The molecule has 11 heteroatoms. The summed E-state index contributed by atoms with van der Waals surface area (Å²) in [6.45, 7) is 12.0. The lowest BCUT2D eigenvalue weighted by Gasteiger charge is -2.21. The standard InChI is InChI=1S/C24H33N5O6/c1-8-15(4)27-22(31)17-9-16(10-18(11-17)29(33)34)19-12-25-21(26-14(2)3)23(32)28(19)13-20(30)35-24(5,6)7/h9-12,14-15H,8,13H2,1-7H3,(H,25,26)(H,27,31)/t15-/m1/s1.